The lowest BCUT2D eigenvalue weighted by Crippen LogP contribution is -2.41. The van der Waals surface area contributed by atoms with Gasteiger partial charge in [0.25, 0.3) is 5.91 Å². The van der Waals surface area contributed by atoms with Crippen molar-refractivity contribution in [1.82, 2.24) is 5.32 Å². The third-order valence-electron chi connectivity index (χ3n) is 4.64. The first-order chi connectivity index (χ1) is 12.8. The lowest BCUT2D eigenvalue weighted by atomic mass is 10.0. The van der Waals surface area contributed by atoms with E-state index in [2.05, 4.69) is 10.6 Å². The smallest absolute Gasteiger partial charge is 0.261 e. The van der Waals surface area contributed by atoms with Crippen molar-refractivity contribution >= 4 is 29.7 Å². The molecule has 28 heavy (non-hydrogen) atoms. The Hall–Kier alpha value is -2.32. The van der Waals surface area contributed by atoms with Gasteiger partial charge in [-0.3, -0.25) is 4.79 Å². The van der Waals surface area contributed by atoms with Gasteiger partial charge in [0, 0.05) is 36.6 Å². The molecule has 0 radical (unpaired) electrons. The summed E-state index contributed by atoms with van der Waals surface area (Å²) in [5.74, 6) is -5.49. The van der Waals surface area contributed by atoms with Crippen LogP contribution in [0.4, 0.5) is 28.9 Å². The molecule has 0 unspecified atom stereocenters. The second-order valence-corrected chi connectivity index (χ2v) is 6.49. The predicted octanol–water partition coefficient (Wildman–Crippen LogP) is 4.11. The van der Waals surface area contributed by atoms with Gasteiger partial charge in [-0.25, -0.2) is 17.6 Å². The summed E-state index contributed by atoms with van der Waals surface area (Å²) in [7, 11) is 1.83. The number of piperidine rings is 1. The minimum Gasteiger partial charge on any atom is -0.371 e. The van der Waals surface area contributed by atoms with Gasteiger partial charge in [0.05, 0.1) is 0 Å². The first-order valence-corrected chi connectivity index (χ1v) is 8.55. The molecule has 1 amide bonds. The number of nitrogens with zero attached hydrogens (tertiary/aromatic N) is 1. The molecule has 1 saturated heterocycles. The zero-order valence-electron chi connectivity index (χ0n) is 15.1. The molecular weight excluding hydrogens is 398 g/mol. The molecule has 0 bridgehead atoms. The largest absolute Gasteiger partial charge is 0.371 e. The highest BCUT2D eigenvalue weighted by Gasteiger charge is 2.21. The van der Waals surface area contributed by atoms with Gasteiger partial charge in [0.1, 0.15) is 28.8 Å². The van der Waals surface area contributed by atoms with Crippen molar-refractivity contribution in [1.29, 1.82) is 0 Å². The number of benzene rings is 2. The monoisotopic (exact) mass is 417 g/mol. The highest BCUT2D eigenvalue weighted by Crippen LogP contribution is 2.26. The standard InChI is InChI=1S/C19H19F4N3O.ClH/c1-26(14-2-4-24-5-3-14)15-7-11(20)6-13(10-15)25-19(27)18-16(22)8-12(21)9-17(18)23;/h6-10,14,24H,2-5H2,1H3,(H,25,27);1H. The average molecular weight is 418 g/mol. The summed E-state index contributed by atoms with van der Waals surface area (Å²) in [5, 5.41) is 5.53. The van der Waals surface area contributed by atoms with Crippen LogP contribution in [0.1, 0.15) is 23.2 Å². The molecule has 4 nitrogen and oxygen atoms in total. The molecule has 9 heteroatoms. The molecule has 0 aromatic heterocycles. The van der Waals surface area contributed by atoms with Crippen LogP contribution in [-0.2, 0) is 0 Å². The SMILES string of the molecule is CN(c1cc(F)cc(NC(=O)c2c(F)cc(F)cc2F)c1)C1CCNCC1.Cl. The Balaban J connectivity index is 0.00000280. The van der Waals surface area contributed by atoms with Crippen molar-refractivity contribution in [3.05, 3.63) is 59.2 Å². The molecule has 0 spiro atoms. The minimum absolute atomic E-state index is 0. The highest BCUT2D eigenvalue weighted by atomic mass is 35.5. The summed E-state index contributed by atoms with van der Waals surface area (Å²) in [6, 6.07) is 4.96. The summed E-state index contributed by atoms with van der Waals surface area (Å²) in [6.07, 6.45) is 1.78. The summed E-state index contributed by atoms with van der Waals surface area (Å²) < 4.78 is 54.6. The molecule has 3 rings (SSSR count). The van der Waals surface area contributed by atoms with Crippen LogP contribution in [0.15, 0.2) is 30.3 Å². The second kappa shape index (κ2) is 9.25. The third kappa shape index (κ3) is 4.94. The van der Waals surface area contributed by atoms with E-state index >= 15 is 0 Å². The number of halogens is 5. The summed E-state index contributed by atoms with van der Waals surface area (Å²) in [5.41, 5.74) is -0.329. The van der Waals surface area contributed by atoms with Crippen LogP contribution in [0.25, 0.3) is 0 Å². The van der Waals surface area contributed by atoms with Crippen molar-refractivity contribution in [3.63, 3.8) is 0 Å². The lowest BCUT2D eigenvalue weighted by molar-refractivity contribution is 0.101. The highest BCUT2D eigenvalue weighted by molar-refractivity contribution is 6.04. The van der Waals surface area contributed by atoms with Crippen LogP contribution in [0, 0.1) is 23.3 Å². The average Bonchev–Trinajstić information content (AvgIpc) is 2.60. The fraction of sp³-hybridized carbons (Fsp3) is 0.316. The van der Waals surface area contributed by atoms with Crippen molar-refractivity contribution < 1.29 is 22.4 Å². The van der Waals surface area contributed by atoms with Crippen LogP contribution in [0.2, 0.25) is 0 Å². The first-order valence-electron chi connectivity index (χ1n) is 8.55. The number of amides is 1. The quantitative estimate of drug-likeness (QED) is 0.736. The molecule has 152 valence electrons. The van der Waals surface area contributed by atoms with E-state index in [1.807, 2.05) is 11.9 Å². The molecule has 1 fully saturated rings. The van der Waals surface area contributed by atoms with Crippen LogP contribution >= 0.6 is 12.4 Å². The van der Waals surface area contributed by atoms with Gasteiger partial charge in [0.2, 0.25) is 0 Å². The maximum atomic E-state index is 14.0. The van der Waals surface area contributed by atoms with Gasteiger partial charge in [0.15, 0.2) is 0 Å². The van der Waals surface area contributed by atoms with Gasteiger partial charge in [-0.15, -0.1) is 12.4 Å². The molecule has 0 saturated carbocycles. The molecular formula is C19H20ClF4N3O. The Morgan fingerprint density at radius 1 is 1.00 bits per heavy atom. The molecule has 2 aromatic carbocycles. The Bertz CT molecular complexity index is 836. The maximum Gasteiger partial charge on any atom is 0.261 e. The fourth-order valence-electron chi connectivity index (χ4n) is 3.21. The Kier molecular flexibility index (Phi) is 7.26. The van der Waals surface area contributed by atoms with Gasteiger partial charge >= 0.3 is 0 Å². The van der Waals surface area contributed by atoms with E-state index < -0.39 is 34.7 Å². The van der Waals surface area contributed by atoms with E-state index in [-0.39, 0.29) is 24.1 Å². The van der Waals surface area contributed by atoms with Crippen LogP contribution < -0.4 is 15.5 Å². The first kappa shape index (κ1) is 22.0. The van der Waals surface area contributed by atoms with E-state index in [0.717, 1.165) is 32.0 Å². The third-order valence-corrected chi connectivity index (χ3v) is 4.64. The van der Waals surface area contributed by atoms with Crippen LogP contribution in [-0.4, -0.2) is 32.1 Å². The summed E-state index contributed by atoms with van der Waals surface area (Å²) in [6.45, 7) is 1.72. The Morgan fingerprint density at radius 3 is 2.18 bits per heavy atom. The van der Waals surface area contributed by atoms with Crippen molar-refractivity contribution in [2.45, 2.75) is 18.9 Å². The molecule has 1 aliphatic heterocycles. The molecule has 1 aliphatic rings. The van der Waals surface area contributed by atoms with E-state index in [1.54, 1.807) is 0 Å². The second-order valence-electron chi connectivity index (χ2n) is 6.49. The number of carbonyl (C=O) groups is 1. The number of rotatable bonds is 4. The minimum atomic E-state index is -1.33. The van der Waals surface area contributed by atoms with E-state index in [4.69, 9.17) is 0 Å². The summed E-state index contributed by atoms with van der Waals surface area (Å²) in [4.78, 5) is 14.1. The van der Waals surface area contributed by atoms with E-state index in [0.29, 0.717) is 17.8 Å². The zero-order chi connectivity index (χ0) is 19.6. The van der Waals surface area contributed by atoms with Gasteiger partial charge in [-0.05, 0) is 44.1 Å². The number of hydrogen-bond donors (Lipinski definition) is 2. The normalized spacial score (nSPS) is 14.3. The molecule has 0 aliphatic carbocycles. The van der Waals surface area contributed by atoms with E-state index in [1.165, 1.54) is 12.1 Å². The fourth-order valence-corrected chi connectivity index (χ4v) is 3.21. The number of anilines is 2. The number of nitrogens with one attached hydrogen (secondary N) is 2. The number of carbonyl (C=O) groups excluding carboxylic acids is 1. The predicted molar refractivity (Wildman–Crippen MR) is 102 cm³/mol. The Labute approximate surface area is 166 Å². The molecule has 2 N–H and O–H groups in total. The number of hydrogen-bond acceptors (Lipinski definition) is 3. The van der Waals surface area contributed by atoms with Gasteiger partial charge in [-0.1, -0.05) is 0 Å². The van der Waals surface area contributed by atoms with E-state index in [9.17, 15) is 22.4 Å². The zero-order valence-corrected chi connectivity index (χ0v) is 15.9. The van der Waals surface area contributed by atoms with Crippen LogP contribution in [0.3, 0.4) is 0 Å². The molecule has 2 aromatic rings. The maximum absolute atomic E-state index is 14.0. The van der Waals surface area contributed by atoms with Gasteiger partial charge in [-0.2, -0.15) is 0 Å². The topological polar surface area (TPSA) is 44.4 Å². The Morgan fingerprint density at radius 2 is 1.57 bits per heavy atom. The molecule has 0 atom stereocenters. The molecule has 1 heterocycles. The van der Waals surface area contributed by atoms with Crippen molar-refractivity contribution in [2.75, 3.05) is 30.4 Å². The summed E-state index contributed by atoms with van der Waals surface area (Å²) >= 11 is 0. The van der Waals surface area contributed by atoms with Crippen molar-refractivity contribution in [3.8, 4) is 0 Å². The lowest BCUT2D eigenvalue weighted by Gasteiger charge is -2.33. The van der Waals surface area contributed by atoms with Gasteiger partial charge < -0.3 is 15.5 Å². The van der Waals surface area contributed by atoms with Crippen LogP contribution in [0.5, 0.6) is 0 Å². The van der Waals surface area contributed by atoms with Crippen molar-refractivity contribution in [2.24, 2.45) is 0 Å².